The van der Waals surface area contributed by atoms with Gasteiger partial charge in [0.1, 0.15) is 22.4 Å². The molecule has 100 valence electrons. The van der Waals surface area contributed by atoms with Crippen molar-refractivity contribution >= 4 is 27.6 Å². The van der Waals surface area contributed by atoms with Crippen molar-refractivity contribution < 1.29 is 0 Å². The van der Waals surface area contributed by atoms with E-state index >= 15 is 0 Å². The third kappa shape index (κ3) is 3.67. The molecule has 0 bridgehead atoms. The van der Waals surface area contributed by atoms with Crippen molar-refractivity contribution in [3.63, 3.8) is 0 Å². The number of rotatable bonds is 5. The second-order valence-corrected chi connectivity index (χ2v) is 5.24. The molecule has 0 saturated heterocycles. The minimum atomic E-state index is 0.452. The number of anilines is 2. The second-order valence-electron chi connectivity index (χ2n) is 4.45. The van der Waals surface area contributed by atoms with Crippen LogP contribution < -0.4 is 11.1 Å². The summed E-state index contributed by atoms with van der Waals surface area (Å²) in [6, 6.07) is 10.5. The number of hydrogen-bond acceptors (Lipinski definition) is 4. The van der Waals surface area contributed by atoms with Gasteiger partial charge in [-0.25, -0.2) is 9.97 Å². The molecule has 1 aromatic carbocycles. The Hall–Kier alpha value is -1.62. The fourth-order valence-electron chi connectivity index (χ4n) is 1.86. The highest BCUT2D eigenvalue weighted by molar-refractivity contribution is 9.10. The molecule has 0 aliphatic carbocycles. The van der Waals surface area contributed by atoms with Crippen molar-refractivity contribution in [2.75, 3.05) is 17.6 Å². The van der Waals surface area contributed by atoms with E-state index in [0.717, 1.165) is 23.3 Å². The van der Waals surface area contributed by atoms with Crippen molar-refractivity contribution in [3.05, 3.63) is 46.7 Å². The molecule has 0 aliphatic heterocycles. The molecule has 1 aromatic heterocycles. The van der Waals surface area contributed by atoms with Crippen LogP contribution in [0.5, 0.6) is 0 Å². The molecule has 5 heteroatoms. The minimum absolute atomic E-state index is 0.452. The maximum absolute atomic E-state index is 5.71. The predicted molar refractivity (Wildman–Crippen MR) is 82.1 cm³/mol. The molecule has 4 nitrogen and oxygen atoms in total. The van der Waals surface area contributed by atoms with E-state index in [0.29, 0.717) is 11.7 Å². The number of hydrogen-bond donors (Lipinski definition) is 2. The van der Waals surface area contributed by atoms with Crippen molar-refractivity contribution in [1.82, 2.24) is 9.97 Å². The zero-order valence-corrected chi connectivity index (χ0v) is 12.4. The smallest absolute Gasteiger partial charge is 0.145 e. The Morgan fingerprint density at radius 1 is 1.26 bits per heavy atom. The highest BCUT2D eigenvalue weighted by Gasteiger charge is 2.07. The zero-order valence-electron chi connectivity index (χ0n) is 10.8. The molecule has 19 heavy (non-hydrogen) atoms. The predicted octanol–water partition coefficient (Wildman–Crippen LogP) is 3.43. The molecule has 0 fully saturated rings. The van der Waals surface area contributed by atoms with E-state index in [1.54, 1.807) is 0 Å². The van der Waals surface area contributed by atoms with Crippen LogP contribution >= 0.6 is 15.9 Å². The van der Waals surface area contributed by atoms with Gasteiger partial charge >= 0.3 is 0 Å². The fourth-order valence-corrected chi connectivity index (χ4v) is 2.21. The van der Waals surface area contributed by atoms with E-state index in [-0.39, 0.29) is 0 Å². The molecular formula is C14H17BrN4. The maximum atomic E-state index is 5.71. The summed E-state index contributed by atoms with van der Waals surface area (Å²) < 4.78 is 0.724. The first-order valence-electron chi connectivity index (χ1n) is 6.23. The fraction of sp³-hybridized carbons (Fsp3) is 0.286. The Bertz CT molecular complexity index is 530. The van der Waals surface area contributed by atoms with Gasteiger partial charge in [0.2, 0.25) is 0 Å². The number of nitrogens with zero attached hydrogens (tertiary/aromatic N) is 2. The second kappa shape index (κ2) is 6.52. The Morgan fingerprint density at radius 3 is 2.74 bits per heavy atom. The first kappa shape index (κ1) is 13.8. The molecule has 0 spiro atoms. The molecule has 2 rings (SSSR count). The van der Waals surface area contributed by atoms with Gasteiger partial charge < -0.3 is 11.1 Å². The topological polar surface area (TPSA) is 63.8 Å². The summed E-state index contributed by atoms with van der Waals surface area (Å²) in [4.78, 5) is 8.07. The van der Waals surface area contributed by atoms with Gasteiger partial charge in [-0.3, -0.25) is 0 Å². The van der Waals surface area contributed by atoms with E-state index in [1.807, 2.05) is 6.07 Å². The van der Waals surface area contributed by atoms with Crippen molar-refractivity contribution in [2.45, 2.75) is 19.3 Å². The van der Waals surface area contributed by atoms with Gasteiger partial charge in [-0.05, 0) is 33.8 Å². The number of benzene rings is 1. The van der Waals surface area contributed by atoms with Crippen LogP contribution in [0.1, 0.15) is 24.8 Å². The van der Waals surface area contributed by atoms with Gasteiger partial charge in [-0.15, -0.1) is 0 Å². The number of halogens is 1. The minimum Gasteiger partial charge on any atom is -0.383 e. The number of nitrogens with two attached hydrogens (primary N) is 1. The van der Waals surface area contributed by atoms with Gasteiger partial charge in [0, 0.05) is 6.54 Å². The number of aromatic nitrogens is 2. The quantitative estimate of drug-likeness (QED) is 0.885. The van der Waals surface area contributed by atoms with Crippen LogP contribution in [0.4, 0.5) is 11.6 Å². The molecule has 0 radical (unpaired) electrons. The van der Waals surface area contributed by atoms with E-state index in [2.05, 4.69) is 62.4 Å². The maximum Gasteiger partial charge on any atom is 0.145 e. The first-order valence-corrected chi connectivity index (χ1v) is 7.02. The molecule has 0 saturated carbocycles. The van der Waals surface area contributed by atoms with Crippen LogP contribution in [-0.2, 0) is 0 Å². The molecule has 3 N–H and O–H groups in total. The van der Waals surface area contributed by atoms with Crippen molar-refractivity contribution in [3.8, 4) is 0 Å². The lowest BCUT2D eigenvalue weighted by atomic mass is 9.98. The molecular weight excluding hydrogens is 304 g/mol. The number of nitrogens with one attached hydrogen (secondary N) is 1. The lowest BCUT2D eigenvalue weighted by Crippen LogP contribution is -2.08. The third-order valence-electron chi connectivity index (χ3n) is 3.05. The highest BCUT2D eigenvalue weighted by Crippen LogP contribution is 2.24. The van der Waals surface area contributed by atoms with Crippen LogP contribution in [0.25, 0.3) is 0 Å². The van der Waals surface area contributed by atoms with E-state index < -0.39 is 0 Å². The van der Waals surface area contributed by atoms with Crippen LogP contribution in [0, 0.1) is 0 Å². The molecule has 0 aliphatic rings. The van der Waals surface area contributed by atoms with Gasteiger partial charge in [0.25, 0.3) is 0 Å². The molecule has 0 amide bonds. The van der Waals surface area contributed by atoms with Gasteiger partial charge in [0.05, 0.1) is 0 Å². The van der Waals surface area contributed by atoms with E-state index in [1.165, 1.54) is 11.9 Å². The van der Waals surface area contributed by atoms with Gasteiger partial charge in [0.15, 0.2) is 0 Å². The Labute approximate surface area is 121 Å². The molecule has 1 heterocycles. The third-order valence-corrected chi connectivity index (χ3v) is 3.84. The van der Waals surface area contributed by atoms with Crippen LogP contribution in [0.2, 0.25) is 0 Å². The Morgan fingerprint density at radius 2 is 2.00 bits per heavy atom. The largest absolute Gasteiger partial charge is 0.383 e. The van der Waals surface area contributed by atoms with Crippen LogP contribution in [-0.4, -0.2) is 16.5 Å². The summed E-state index contributed by atoms with van der Waals surface area (Å²) in [6.45, 7) is 3.06. The van der Waals surface area contributed by atoms with Crippen LogP contribution in [0.3, 0.4) is 0 Å². The monoisotopic (exact) mass is 320 g/mol. The van der Waals surface area contributed by atoms with Crippen molar-refractivity contribution in [2.24, 2.45) is 0 Å². The van der Waals surface area contributed by atoms with Gasteiger partial charge in [-0.1, -0.05) is 37.3 Å². The van der Waals surface area contributed by atoms with E-state index in [9.17, 15) is 0 Å². The summed E-state index contributed by atoms with van der Waals surface area (Å²) >= 11 is 3.38. The summed E-state index contributed by atoms with van der Waals surface area (Å²) in [5.74, 6) is 1.70. The van der Waals surface area contributed by atoms with Crippen molar-refractivity contribution in [1.29, 1.82) is 0 Å². The summed E-state index contributed by atoms with van der Waals surface area (Å²) in [7, 11) is 0. The standard InChI is InChI=1S/C14H17BrN4/c1-10(11-5-3-2-4-6-11)7-8-17-14-12(15)13(16)18-9-19-14/h2-6,9-10H,7-8H2,1H3,(H3,16,17,18,19). The molecule has 1 unspecified atom stereocenters. The SMILES string of the molecule is CC(CCNc1ncnc(N)c1Br)c1ccccc1. The highest BCUT2D eigenvalue weighted by atomic mass is 79.9. The lowest BCUT2D eigenvalue weighted by Gasteiger charge is -2.13. The van der Waals surface area contributed by atoms with E-state index in [4.69, 9.17) is 5.73 Å². The van der Waals surface area contributed by atoms with Crippen LogP contribution in [0.15, 0.2) is 41.1 Å². The average molecular weight is 321 g/mol. The summed E-state index contributed by atoms with van der Waals surface area (Å²) in [5, 5.41) is 3.28. The Balaban J connectivity index is 1.88. The first-order chi connectivity index (χ1) is 9.18. The zero-order chi connectivity index (χ0) is 13.7. The Kier molecular flexibility index (Phi) is 4.74. The number of nitrogen functional groups attached to an aromatic ring is 1. The summed E-state index contributed by atoms with van der Waals surface area (Å²) in [5.41, 5.74) is 7.06. The summed E-state index contributed by atoms with van der Waals surface area (Å²) in [6.07, 6.45) is 2.49. The average Bonchev–Trinajstić information content (AvgIpc) is 2.44. The normalized spacial score (nSPS) is 12.1. The van der Waals surface area contributed by atoms with Gasteiger partial charge in [-0.2, -0.15) is 0 Å². The lowest BCUT2D eigenvalue weighted by molar-refractivity contribution is 0.704. The molecule has 1 atom stereocenters. The molecule has 2 aromatic rings.